The first kappa shape index (κ1) is 31.2. The normalized spacial score (nSPS) is 37.5. The van der Waals surface area contributed by atoms with Crippen molar-refractivity contribution in [2.45, 2.75) is 102 Å². The molecule has 40 heavy (non-hydrogen) atoms. The molecule has 4 rings (SSSR count). The molecular formula is C27H40O13. The molecule has 1 aromatic rings. The first-order valence-electron chi connectivity index (χ1n) is 13.3. The molecule has 2 fully saturated rings. The standard InChI is InChI=1S/C27H40O13/c1-10-12(5-6-37-25-21(34)19(32)17(30)14(8-28)38-25)11(2)23(13-7-27(3,4)24(36)16(10)13)40-26-22(35)20(33)18(31)15(9-29)39-26/h14-15,17-22,25-26,28-35H,5-9H2,1-4H3/t14-,15-,17-,18-,19+,20+,21-,22-,25-,26+/m1/s1. The Morgan fingerprint density at radius 1 is 0.800 bits per heavy atom. The van der Waals surface area contributed by atoms with Gasteiger partial charge in [0, 0.05) is 16.5 Å². The number of aliphatic hydroxyl groups is 8. The van der Waals surface area contributed by atoms with Gasteiger partial charge in [-0.3, -0.25) is 4.79 Å². The first-order chi connectivity index (χ1) is 18.7. The van der Waals surface area contributed by atoms with Crippen LogP contribution in [0.4, 0.5) is 0 Å². The highest BCUT2D eigenvalue weighted by Crippen LogP contribution is 2.46. The summed E-state index contributed by atoms with van der Waals surface area (Å²) < 4.78 is 22.7. The Morgan fingerprint density at radius 3 is 1.88 bits per heavy atom. The topological polar surface area (TPSA) is 216 Å². The monoisotopic (exact) mass is 572 g/mol. The molecule has 0 unspecified atom stereocenters. The fraction of sp³-hybridized carbons (Fsp3) is 0.741. The first-order valence-corrected chi connectivity index (χ1v) is 13.3. The van der Waals surface area contributed by atoms with Gasteiger partial charge in [-0.2, -0.15) is 0 Å². The van der Waals surface area contributed by atoms with Crippen molar-refractivity contribution < 1.29 is 64.6 Å². The van der Waals surface area contributed by atoms with Crippen LogP contribution in [0.2, 0.25) is 0 Å². The average molecular weight is 573 g/mol. The molecule has 0 bridgehead atoms. The van der Waals surface area contributed by atoms with E-state index in [-0.39, 0.29) is 24.6 Å². The number of carbonyl (C=O) groups excluding carboxylic acids is 1. The largest absolute Gasteiger partial charge is 0.461 e. The van der Waals surface area contributed by atoms with Crippen molar-refractivity contribution in [3.8, 4) is 5.75 Å². The molecule has 1 aliphatic carbocycles. The Labute approximate surface area is 231 Å². The zero-order chi connectivity index (χ0) is 29.7. The fourth-order valence-electron chi connectivity index (χ4n) is 5.77. The summed E-state index contributed by atoms with van der Waals surface area (Å²) in [7, 11) is 0. The van der Waals surface area contributed by atoms with Crippen LogP contribution in [0, 0.1) is 19.3 Å². The van der Waals surface area contributed by atoms with Crippen LogP contribution >= 0.6 is 0 Å². The third-order valence-electron chi connectivity index (χ3n) is 8.22. The van der Waals surface area contributed by atoms with Gasteiger partial charge in [-0.1, -0.05) is 13.8 Å². The van der Waals surface area contributed by atoms with Crippen molar-refractivity contribution in [1.82, 2.24) is 0 Å². The number of ketones is 1. The number of carbonyl (C=O) groups is 1. The number of Topliss-reactive ketones (excluding diaryl/α,β-unsaturated/α-hetero) is 1. The van der Waals surface area contributed by atoms with E-state index in [1.54, 1.807) is 13.8 Å². The molecular weight excluding hydrogens is 532 g/mol. The highest BCUT2D eigenvalue weighted by atomic mass is 16.7. The van der Waals surface area contributed by atoms with Crippen LogP contribution in [0.25, 0.3) is 0 Å². The Kier molecular flexibility index (Phi) is 9.25. The molecule has 8 N–H and O–H groups in total. The summed E-state index contributed by atoms with van der Waals surface area (Å²) in [5.41, 5.74) is 2.31. The van der Waals surface area contributed by atoms with E-state index in [0.717, 1.165) is 0 Å². The van der Waals surface area contributed by atoms with Gasteiger partial charge >= 0.3 is 0 Å². The van der Waals surface area contributed by atoms with Crippen LogP contribution in [0.1, 0.15) is 46.5 Å². The summed E-state index contributed by atoms with van der Waals surface area (Å²) in [6.45, 7) is 5.91. The predicted molar refractivity (Wildman–Crippen MR) is 136 cm³/mol. The van der Waals surface area contributed by atoms with Gasteiger partial charge in [-0.15, -0.1) is 0 Å². The van der Waals surface area contributed by atoms with Gasteiger partial charge in [0.15, 0.2) is 12.1 Å². The predicted octanol–water partition coefficient (Wildman–Crippen LogP) is -2.39. The van der Waals surface area contributed by atoms with Gasteiger partial charge in [-0.25, -0.2) is 0 Å². The molecule has 0 amide bonds. The van der Waals surface area contributed by atoms with E-state index in [0.29, 0.717) is 34.2 Å². The molecule has 1 aromatic carbocycles. The van der Waals surface area contributed by atoms with E-state index >= 15 is 0 Å². The number of benzene rings is 1. The minimum atomic E-state index is -1.64. The lowest BCUT2D eigenvalue weighted by Crippen LogP contribution is -2.60. The van der Waals surface area contributed by atoms with Gasteiger partial charge in [0.05, 0.1) is 19.8 Å². The SMILES string of the molecule is Cc1c(CCO[C@@H]2O[C@H](CO)[C@@H](O)[C@H](O)[C@H]2O)c(C)c2c(c1O[C@@H]1O[C@H](CO)[C@@H](O)[C@H](O)[C@H]1O)CC(C)(C)C2=O. The van der Waals surface area contributed by atoms with E-state index in [1.165, 1.54) is 0 Å². The minimum absolute atomic E-state index is 0.0414. The van der Waals surface area contributed by atoms with Crippen LogP contribution in [-0.2, 0) is 27.1 Å². The summed E-state index contributed by atoms with van der Waals surface area (Å²) in [4.78, 5) is 13.4. The number of rotatable bonds is 8. The number of hydrogen-bond acceptors (Lipinski definition) is 13. The molecule has 2 aliphatic heterocycles. The maximum Gasteiger partial charge on any atom is 0.229 e. The van der Waals surface area contributed by atoms with E-state index < -0.39 is 80.0 Å². The second-order valence-electron chi connectivity index (χ2n) is 11.4. The van der Waals surface area contributed by atoms with E-state index in [1.807, 2.05) is 13.8 Å². The second kappa shape index (κ2) is 11.9. The van der Waals surface area contributed by atoms with E-state index in [9.17, 15) is 45.6 Å². The van der Waals surface area contributed by atoms with Crippen molar-refractivity contribution in [2.24, 2.45) is 5.41 Å². The maximum atomic E-state index is 13.4. The van der Waals surface area contributed by atoms with Crippen LogP contribution in [0.15, 0.2) is 0 Å². The molecule has 0 radical (unpaired) electrons. The van der Waals surface area contributed by atoms with Gasteiger partial charge in [0.25, 0.3) is 0 Å². The van der Waals surface area contributed by atoms with E-state index in [2.05, 4.69) is 0 Å². The van der Waals surface area contributed by atoms with Gasteiger partial charge in [0.1, 0.15) is 54.6 Å². The zero-order valence-electron chi connectivity index (χ0n) is 22.9. The summed E-state index contributed by atoms with van der Waals surface area (Å²) in [5, 5.41) is 80.2. The third-order valence-corrected chi connectivity index (χ3v) is 8.22. The Bertz CT molecular complexity index is 1090. The summed E-state index contributed by atoms with van der Waals surface area (Å²) >= 11 is 0. The quantitative estimate of drug-likeness (QED) is 0.163. The summed E-state index contributed by atoms with van der Waals surface area (Å²) in [6.07, 6.45) is -14.0. The summed E-state index contributed by atoms with van der Waals surface area (Å²) in [5.74, 6) is 0.168. The van der Waals surface area contributed by atoms with Gasteiger partial charge in [-0.05, 0) is 43.4 Å². The van der Waals surface area contributed by atoms with Crippen LogP contribution in [0.5, 0.6) is 5.75 Å². The lowest BCUT2D eigenvalue weighted by Gasteiger charge is -2.40. The lowest BCUT2D eigenvalue weighted by molar-refractivity contribution is -0.300. The molecule has 2 saturated heterocycles. The molecule has 13 nitrogen and oxygen atoms in total. The van der Waals surface area contributed by atoms with Crippen molar-refractivity contribution >= 4 is 5.78 Å². The van der Waals surface area contributed by atoms with Crippen LogP contribution in [0.3, 0.4) is 0 Å². The molecule has 2 heterocycles. The van der Waals surface area contributed by atoms with Crippen molar-refractivity contribution in [1.29, 1.82) is 0 Å². The number of ether oxygens (including phenoxy) is 4. The zero-order valence-corrected chi connectivity index (χ0v) is 22.9. The lowest BCUT2D eigenvalue weighted by atomic mass is 9.88. The van der Waals surface area contributed by atoms with E-state index in [4.69, 9.17) is 18.9 Å². The molecule has 0 spiro atoms. The third kappa shape index (κ3) is 5.41. The molecule has 226 valence electrons. The van der Waals surface area contributed by atoms with Gasteiger partial charge in [0.2, 0.25) is 6.29 Å². The number of fused-ring (bicyclic) bond motifs is 1. The van der Waals surface area contributed by atoms with Crippen molar-refractivity contribution in [3.63, 3.8) is 0 Å². The Hall–Kier alpha value is -1.75. The number of aliphatic hydroxyl groups excluding tert-OH is 8. The molecule has 13 heteroatoms. The molecule has 0 aromatic heterocycles. The summed E-state index contributed by atoms with van der Waals surface area (Å²) in [6, 6.07) is 0. The van der Waals surface area contributed by atoms with Crippen LogP contribution in [-0.4, -0.2) is 128 Å². The average Bonchev–Trinajstić information content (AvgIpc) is 3.16. The van der Waals surface area contributed by atoms with Crippen molar-refractivity contribution in [3.05, 3.63) is 27.8 Å². The smallest absolute Gasteiger partial charge is 0.229 e. The highest BCUT2D eigenvalue weighted by Gasteiger charge is 2.47. The van der Waals surface area contributed by atoms with Crippen molar-refractivity contribution in [2.75, 3.05) is 19.8 Å². The maximum absolute atomic E-state index is 13.4. The molecule has 0 saturated carbocycles. The molecule has 3 aliphatic rings. The molecule has 10 atom stereocenters. The highest BCUT2D eigenvalue weighted by molar-refractivity contribution is 6.06. The number of hydrogen-bond donors (Lipinski definition) is 8. The fourth-order valence-corrected chi connectivity index (χ4v) is 5.77. The van der Waals surface area contributed by atoms with Crippen LogP contribution < -0.4 is 4.74 Å². The van der Waals surface area contributed by atoms with Gasteiger partial charge < -0.3 is 59.8 Å². The minimum Gasteiger partial charge on any atom is -0.461 e. The Balaban J connectivity index is 1.63. The second-order valence-corrected chi connectivity index (χ2v) is 11.4. The Morgan fingerprint density at radius 2 is 1.32 bits per heavy atom.